The average Bonchev–Trinajstić information content (AvgIpc) is 3.36. The predicted octanol–water partition coefficient (Wildman–Crippen LogP) is 4.40. The molecule has 0 unspecified atom stereocenters. The summed E-state index contributed by atoms with van der Waals surface area (Å²) in [5.41, 5.74) is 19.5. The van der Waals surface area contributed by atoms with Crippen molar-refractivity contribution in [1.29, 1.82) is 10.8 Å². The molecule has 5 aromatic rings. The second kappa shape index (κ2) is 7.74. The minimum atomic E-state index is 0.0829. The smallest absolute Gasteiger partial charge is 0.122 e. The molecule has 0 aliphatic rings. The summed E-state index contributed by atoms with van der Waals surface area (Å²) >= 11 is 0. The van der Waals surface area contributed by atoms with Gasteiger partial charge >= 0.3 is 0 Å². The standard InChI is InChI=1S/C26H24N6/c27-25(28)17-5-7-23-19(11-17)13-21(31-23)9-15-1-2-16(4-3-15)10-22-14-20-12-18(26(29)30)6-8-24(20)32-22/h1-8,11-14,31-32H,9-10H2,(H3,27,28)(H3,29,30). The second-order valence-corrected chi connectivity index (χ2v) is 8.19. The molecule has 158 valence electrons. The molecule has 0 spiro atoms. The fourth-order valence-electron chi connectivity index (χ4n) is 4.13. The lowest BCUT2D eigenvalue weighted by Gasteiger charge is -2.03. The van der Waals surface area contributed by atoms with Crippen LogP contribution < -0.4 is 11.5 Å². The molecular weight excluding hydrogens is 396 g/mol. The monoisotopic (exact) mass is 420 g/mol. The highest BCUT2D eigenvalue weighted by Crippen LogP contribution is 2.22. The van der Waals surface area contributed by atoms with Gasteiger partial charge in [-0.3, -0.25) is 10.8 Å². The van der Waals surface area contributed by atoms with Gasteiger partial charge in [-0.2, -0.15) is 0 Å². The molecule has 6 heteroatoms. The molecule has 0 saturated carbocycles. The minimum absolute atomic E-state index is 0.0829. The van der Waals surface area contributed by atoms with Crippen molar-refractivity contribution in [3.05, 3.63) is 106 Å². The Hall–Kier alpha value is -4.32. The zero-order valence-corrected chi connectivity index (χ0v) is 17.5. The average molecular weight is 421 g/mol. The molecule has 5 rings (SSSR count). The van der Waals surface area contributed by atoms with E-state index in [-0.39, 0.29) is 11.7 Å². The lowest BCUT2D eigenvalue weighted by molar-refractivity contribution is 1.09. The molecule has 32 heavy (non-hydrogen) atoms. The van der Waals surface area contributed by atoms with Crippen molar-refractivity contribution in [1.82, 2.24) is 9.97 Å². The van der Waals surface area contributed by atoms with E-state index in [1.165, 1.54) is 11.1 Å². The summed E-state index contributed by atoms with van der Waals surface area (Å²) in [6.07, 6.45) is 1.62. The number of nitrogens with one attached hydrogen (secondary N) is 4. The number of amidine groups is 2. The molecule has 2 aromatic heterocycles. The van der Waals surface area contributed by atoms with Crippen molar-refractivity contribution in [3.8, 4) is 0 Å². The lowest BCUT2D eigenvalue weighted by Crippen LogP contribution is -2.10. The Labute approximate surface area is 185 Å². The summed E-state index contributed by atoms with van der Waals surface area (Å²) in [4.78, 5) is 6.90. The highest BCUT2D eigenvalue weighted by Gasteiger charge is 2.07. The highest BCUT2D eigenvalue weighted by atomic mass is 14.7. The van der Waals surface area contributed by atoms with Crippen molar-refractivity contribution in [2.24, 2.45) is 11.5 Å². The van der Waals surface area contributed by atoms with Crippen LogP contribution in [0.3, 0.4) is 0 Å². The molecule has 0 fully saturated rings. The fraction of sp³-hybridized carbons (Fsp3) is 0.0769. The van der Waals surface area contributed by atoms with Gasteiger partial charge in [0, 0.05) is 57.2 Å². The number of fused-ring (bicyclic) bond motifs is 2. The van der Waals surface area contributed by atoms with Crippen LogP contribution >= 0.6 is 0 Å². The number of hydrogen-bond acceptors (Lipinski definition) is 2. The molecule has 0 bridgehead atoms. The van der Waals surface area contributed by atoms with Crippen LogP contribution in [0, 0.1) is 10.8 Å². The van der Waals surface area contributed by atoms with Crippen LogP contribution in [0.1, 0.15) is 33.6 Å². The Morgan fingerprint density at radius 3 is 1.38 bits per heavy atom. The van der Waals surface area contributed by atoms with Crippen molar-refractivity contribution in [3.63, 3.8) is 0 Å². The molecular formula is C26H24N6. The van der Waals surface area contributed by atoms with E-state index < -0.39 is 0 Å². The quantitative estimate of drug-likeness (QED) is 0.180. The Kier molecular flexibility index (Phi) is 4.75. The number of benzene rings is 3. The molecule has 6 nitrogen and oxygen atoms in total. The number of nitrogen functional groups attached to an aromatic ring is 2. The summed E-state index contributed by atoms with van der Waals surface area (Å²) in [5.74, 6) is 0.166. The maximum absolute atomic E-state index is 7.61. The third-order valence-electron chi connectivity index (χ3n) is 5.79. The number of aromatic nitrogens is 2. The molecule has 0 atom stereocenters. The van der Waals surface area contributed by atoms with Crippen LogP contribution in [0.15, 0.2) is 72.8 Å². The first-order valence-electron chi connectivity index (χ1n) is 10.4. The van der Waals surface area contributed by atoms with Crippen molar-refractivity contribution >= 4 is 33.5 Å². The van der Waals surface area contributed by atoms with E-state index in [0.29, 0.717) is 0 Å². The van der Waals surface area contributed by atoms with Crippen molar-refractivity contribution in [2.75, 3.05) is 0 Å². The van der Waals surface area contributed by atoms with Gasteiger partial charge in [0.15, 0.2) is 0 Å². The van der Waals surface area contributed by atoms with E-state index in [9.17, 15) is 0 Å². The minimum Gasteiger partial charge on any atom is -0.384 e. The molecule has 3 aromatic carbocycles. The lowest BCUT2D eigenvalue weighted by atomic mass is 10.0. The molecule has 0 radical (unpaired) electrons. The summed E-state index contributed by atoms with van der Waals surface area (Å²) in [6.45, 7) is 0. The van der Waals surface area contributed by atoms with E-state index in [2.05, 4.69) is 46.4 Å². The zero-order chi connectivity index (χ0) is 22.2. The van der Waals surface area contributed by atoms with Gasteiger partial charge in [0.05, 0.1) is 0 Å². The second-order valence-electron chi connectivity index (χ2n) is 8.19. The van der Waals surface area contributed by atoms with Crippen LogP contribution in [0.25, 0.3) is 21.8 Å². The fourth-order valence-corrected chi connectivity index (χ4v) is 4.13. The van der Waals surface area contributed by atoms with E-state index in [1.54, 1.807) is 0 Å². The maximum atomic E-state index is 7.61. The first-order valence-corrected chi connectivity index (χ1v) is 10.4. The SMILES string of the molecule is N=C(N)c1ccc2[nH]c(Cc3ccc(Cc4cc5cc(C(=N)N)ccc5[nH]4)cc3)cc2c1. The number of aromatic amines is 2. The normalized spacial score (nSPS) is 11.2. The first kappa shape index (κ1) is 19.6. The highest BCUT2D eigenvalue weighted by molar-refractivity contribution is 5.99. The van der Waals surface area contributed by atoms with E-state index >= 15 is 0 Å². The summed E-state index contributed by atoms with van der Waals surface area (Å²) in [5, 5.41) is 17.3. The Bertz CT molecular complexity index is 1360. The van der Waals surface area contributed by atoms with Gasteiger partial charge < -0.3 is 21.4 Å². The van der Waals surface area contributed by atoms with Gasteiger partial charge in [-0.05, 0) is 59.7 Å². The van der Waals surface area contributed by atoms with Crippen LogP contribution in [-0.4, -0.2) is 21.6 Å². The van der Waals surface area contributed by atoms with Crippen LogP contribution in [0.5, 0.6) is 0 Å². The van der Waals surface area contributed by atoms with Gasteiger partial charge in [-0.15, -0.1) is 0 Å². The third kappa shape index (κ3) is 3.86. The molecule has 8 N–H and O–H groups in total. The Morgan fingerprint density at radius 2 is 1.00 bits per heavy atom. The molecule has 0 aliphatic carbocycles. The maximum Gasteiger partial charge on any atom is 0.122 e. The molecule has 2 heterocycles. The summed E-state index contributed by atoms with van der Waals surface area (Å²) < 4.78 is 0. The number of nitrogens with two attached hydrogens (primary N) is 2. The molecule has 0 aliphatic heterocycles. The zero-order valence-electron chi connectivity index (χ0n) is 17.5. The van der Waals surface area contributed by atoms with Gasteiger partial charge in [0.2, 0.25) is 0 Å². The van der Waals surface area contributed by atoms with Crippen LogP contribution in [0.4, 0.5) is 0 Å². The third-order valence-corrected chi connectivity index (χ3v) is 5.79. The Morgan fingerprint density at radius 1 is 0.594 bits per heavy atom. The largest absolute Gasteiger partial charge is 0.384 e. The van der Waals surface area contributed by atoms with Gasteiger partial charge in [0.25, 0.3) is 0 Å². The molecule has 0 amide bonds. The number of rotatable bonds is 6. The van der Waals surface area contributed by atoms with Gasteiger partial charge in [0.1, 0.15) is 11.7 Å². The van der Waals surface area contributed by atoms with Crippen LogP contribution in [-0.2, 0) is 12.8 Å². The van der Waals surface area contributed by atoms with E-state index in [4.69, 9.17) is 22.3 Å². The number of hydrogen-bond donors (Lipinski definition) is 6. The first-order chi connectivity index (χ1) is 15.4. The van der Waals surface area contributed by atoms with E-state index in [1.807, 2.05) is 36.4 Å². The number of H-pyrrole nitrogens is 2. The topological polar surface area (TPSA) is 131 Å². The Balaban J connectivity index is 1.31. The van der Waals surface area contributed by atoms with Crippen molar-refractivity contribution < 1.29 is 0 Å². The van der Waals surface area contributed by atoms with Crippen LogP contribution in [0.2, 0.25) is 0 Å². The summed E-state index contributed by atoms with van der Waals surface area (Å²) in [6, 6.07) is 24.5. The summed E-state index contributed by atoms with van der Waals surface area (Å²) in [7, 11) is 0. The van der Waals surface area contributed by atoms with Gasteiger partial charge in [-0.25, -0.2) is 0 Å². The molecule has 0 saturated heterocycles. The predicted molar refractivity (Wildman–Crippen MR) is 131 cm³/mol. The van der Waals surface area contributed by atoms with Gasteiger partial charge in [-0.1, -0.05) is 24.3 Å². The van der Waals surface area contributed by atoms with Crippen molar-refractivity contribution in [2.45, 2.75) is 12.8 Å². The van der Waals surface area contributed by atoms with E-state index in [0.717, 1.165) is 57.2 Å².